The fraction of sp³-hybridized carbons (Fsp3) is 0.684. The highest BCUT2D eigenvalue weighted by molar-refractivity contribution is 5.49. The largest absolute Gasteiger partial charge is 0.493 e. The van der Waals surface area contributed by atoms with Crippen LogP contribution < -0.4 is 9.47 Å². The van der Waals surface area contributed by atoms with Gasteiger partial charge in [-0.1, -0.05) is 13.8 Å². The molecule has 4 heteroatoms. The minimum atomic E-state index is -0.210. The van der Waals surface area contributed by atoms with Crippen molar-refractivity contribution in [1.82, 2.24) is 4.90 Å². The van der Waals surface area contributed by atoms with Gasteiger partial charge in [-0.05, 0) is 54.4 Å². The molecule has 1 unspecified atom stereocenters. The number of aliphatic hydroxyl groups excluding tert-OH is 1. The molecular weight excluding hydrogens is 290 g/mol. The minimum absolute atomic E-state index is 0.210. The standard InChI is InChI=1S/C19H29NO3/c1-12(2)7-14-11-20-6-5-13-8-18(22-3)19(23-4)9-15(13)16(20)10-17(14)21/h8-9,12,14,16-17,21H,5-7,10-11H2,1-4H3/t14?,16-,17+/m1/s1. The molecule has 0 bridgehead atoms. The first-order chi connectivity index (χ1) is 11.0. The molecule has 0 saturated carbocycles. The Kier molecular flexibility index (Phi) is 4.83. The van der Waals surface area contributed by atoms with Crippen LogP contribution in [0.4, 0.5) is 0 Å². The lowest BCUT2D eigenvalue weighted by Crippen LogP contribution is -2.48. The zero-order valence-corrected chi connectivity index (χ0v) is 14.7. The van der Waals surface area contributed by atoms with E-state index in [1.54, 1.807) is 14.2 Å². The van der Waals surface area contributed by atoms with Gasteiger partial charge < -0.3 is 14.6 Å². The maximum absolute atomic E-state index is 10.6. The molecular formula is C19H29NO3. The first-order valence-electron chi connectivity index (χ1n) is 8.70. The van der Waals surface area contributed by atoms with E-state index < -0.39 is 0 Å². The molecule has 23 heavy (non-hydrogen) atoms. The van der Waals surface area contributed by atoms with Crippen molar-refractivity contribution in [2.75, 3.05) is 27.3 Å². The molecule has 0 radical (unpaired) electrons. The van der Waals surface area contributed by atoms with E-state index >= 15 is 0 Å². The third-order valence-corrected chi connectivity index (χ3v) is 5.37. The normalized spacial score (nSPS) is 27.5. The number of nitrogens with zero attached hydrogens (tertiary/aromatic N) is 1. The number of rotatable bonds is 4. The molecule has 0 aromatic heterocycles. The third kappa shape index (κ3) is 3.20. The van der Waals surface area contributed by atoms with Crippen LogP contribution in [0.1, 0.15) is 43.9 Å². The maximum Gasteiger partial charge on any atom is 0.161 e. The van der Waals surface area contributed by atoms with Crippen LogP contribution in [-0.2, 0) is 6.42 Å². The second-order valence-corrected chi connectivity index (χ2v) is 7.36. The zero-order valence-electron chi connectivity index (χ0n) is 14.7. The summed E-state index contributed by atoms with van der Waals surface area (Å²) in [5.74, 6) is 2.61. The molecule has 0 spiro atoms. The summed E-state index contributed by atoms with van der Waals surface area (Å²) >= 11 is 0. The number of hydrogen-bond acceptors (Lipinski definition) is 4. The van der Waals surface area contributed by atoms with Gasteiger partial charge in [-0.25, -0.2) is 0 Å². The van der Waals surface area contributed by atoms with Gasteiger partial charge in [0, 0.05) is 19.1 Å². The number of fused-ring (bicyclic) bond motifs is 3. The molecule has 1 aromatic rings. The molecule has 2 aliphatic heterocycles. The van der Waals surface area contributed by atoms with E-state index in [4.69, 9.17) is 9.47 Å². The predicted molar refractivity (Wildman–Crippen MR) is 91.1 cm³/mol. The Labute approximate surface area is 139 Å². The van der Waals surface area contributed by atoms with E-state index in [0.29, 0.717) is 17.9 Å². The summed E-state index contributed by atoms with van der Waals surface area (Å²) in [5.41, 5.74) is 2.63. The molecule has 2 heterocycles. The SMILES string of the molecule is COc1cc2c(cc1OC)[C@H]1C[C@H](O)C(CC(C)C)CN1CC2. The smallest absolute Gasteiger partial charge is 0.161 e. The van der Waals surface area contributed by atoms with Gasteiger partial charge in [0.2, 0.25) is 0 Å². The molecule has 1 saturated heterocycles. The molecule has 0 aliphatic carbocycles. The van der Waals surface area contributed by atoms with Crippen molar-refractivity contribution in [1.29, 1.82) is 0 Å². The van der Waals surface area contributed by atoms with Crippen LogP contribution in [0.15, 0.2) is 12.1 Å². The summed E-state index contributed by atoms with van der Waals surface area (Å²) in [5, 5.41) is 10.6. The van der Waals surface area contributed by atoms with E-state index in [-0.39, 0.29) is 6.10 Å². The van der Waals surface area contributed by atoms with Crippen molar-refractivity contribution in [3.63, 3.8) is 0 Å². The first-order valence-corrected chi connectivity index (χ1v) is 8.70. The lowest BCUT2D eigenvalue weighted by atomic mass is 9.79. The number of ether oxygens (including phenoxy) is 2. The summed E-state index contributed by atoms with van der Waals surface area (Å²) in [6, 6.07) is 4.52. The summed E-state index contributed by atoms with van der Waals surface area (Å²) in [6.45, 7) is 6.54. The fourth-order valence-electron chi connectivity index (χ4n) is 4.26. The lowest BCUT2D eigenvalue weighted by Gasteiger charge is -2.46. The van der Waals surface area contributed by atoms with Crippen LogP contribution in [0.25, 0.3) is 0 Å². The Bertz CT molecular complexity index is 558. The highest BCUT2D eigenvalue weighted by Crippen LogP contribution is 2.43. The molecule has 3 atom stereocenters. The van der Waals surface area contributed by atoms with E-state index in [1.807, 2.05) is 0 Å². The second kappa shape index (κ2) is 6.70. The summed E-state index contributed by atoms with van der Waals surface area (Å²) < 4.78 is 10.9. The molecule has 3 rings (SSSR count). The summed E-state index contributed by atoms with van der Waals surface area (Å²) in [6.07, 6.45) is 2.75. The highest BCUT2D eigenvalue weighted by atomic mass is 16.5. The third-order valence-electron chi connectivity index (χ3n) is 5.37. The Morgan fingerprint density at radius 3 is 2.57 bits per heavy atom. The van der Waals surface area contributed by atoms with Gasteiger partial charge in [-0.3, -0.25) is 4.90 Å². The quantitative estimate of drug-likeness (QED) is 0.926. The number of hydrogen-bond donors (Lipinski definition) is 1. The highest BCUT2D eigenvalue weighted by Gasteiger charge is 2.38. The Morgan fingerprint density at radius 2 is 1.91 bits per heavy atom. The monoisotopic (exact) mass is 319 g/mol. The topological polar surface area (TPSA) is 41.9 Å². The average molecular weight is 319 g/mol. The molecule has 1 N–H and O–H groups in total. The van der Waals surface area contributed by atoms with Gasteiger partial charge in [-0.2, -0.15) is 0 Å². The predicted octanol–water partition coefficient (Wildman–Crippen LogP) is 3.03. The number of aliphatic hydroxyl groups is 1. The number of piperidine rings is 1. The molecule has 2 aliphatic rings. The fourth-order valence-corrected chi connectivity index (χ4v) is 4.26. The number of benzene rings is 1. The molecule has 128 valence electrons. The average Bonchev–Trinajstić information content (AvgIpc) is 2.53. The van der Waals surface area contributed by atoms with E-state index in [1.165, 1.54) is 11.1 Å². The van der Waals surface area contributed by atoms with Crippen molar-refractivity contribution >= 4 is 0 Å². The molecule has 1 fully saturated rings. The summed E-state index contributed by atoms with van der Waals surface area (Å²) in [4.78, 5) is 2.55. The van der Waals surface area contributed by atoms with Crippen LogP contribution >= 0.6 is 0 Å². The Hall–Kier alpha value is -1.26. The lowest BCUT2D eigenvalue weighted by molar-refractivity contribution is -0.0191. The van der Waals surface area contributed by atoms with Gasteiger partial charge in [0.1, 0.15) is 0 Å². The minimum Gasteiger partial charge on any atom is -0.493 e. The van der Waals surface area contributed by atoms with Crippen molar-refractivity contribution in [2.24, 2.45) is 11.8 Å². The van der Waals surface area contributed by atoms with Gasteiger partial charge in [0.15, 0.2) is 11.5 Å². The molecule has 0 amide bonds. The van der Waals surface area contributed by atoms with Gasteiger partial charge in [0.25, 0.3) is 0 Å². The molecule has 4 nitrogen and oxygen atoms in total. The van der Waals surface area contributed by atoms with E-state index in [0.717, 1.165) is 43.9 Å². The van der Waals surface area contributed by atoms with Crippen molar-refractivity contribution in [3.8, 4) is 11.5 Å². The summed E-state index contributed by atoms with van der Waals surface area (Å²) in [7, 11) is 3.36. The van der Waals surface area contributed by atoms with Gasteiger partial charge in [-0.15, -0.1) is 0 Å². The second-order valence-electron chi connectivity index (χ2n) is 7.36. The maximum atomic E-state index is 10.6. The van der Waals surface area contributed by atoms with Crippen LogP contribution in [-0.4, -0.2) is 43.4 Å². The van der Waals surface area contributed by atoms with Crippen molar-refractivity contribution in [3.05, 3.63) is 23.3 Å². The van der Waals surface area contributed by atoms with Gasteiger partial charge >= 0.3 is 0 Å². The van der Waals surface area contributed by atoms with Crippen LogP contribution in [0.3, 0.4) is 0 Å². The van der Waals surface area contributed by atoms with Crippen molar-refractivity contribution in [2.45, 2.75) is 45.3 Å². The Balaban J connectivity index is 1.87. The van der Waals surface area contributed by atoms with Gasteiger partial charge in [0.05, 0.1) is 20.3 Å². The van der Waals surface area contributed by atoms with Crippen LogP contribution in [0.2, 0.25) is 0 Å². The number of methoxy groups -OCH3 is 2. The van der Waals surface area contributed by atoms with E-state index in [2.05, 4.69) is 30.9 Å². The van der Waals surface area contributed by atoms with Crippen LogP contribution in [0, 0.1) is 11.8 Å². The molecule has 1 aromatic carbocycles. The van der Waals surface area contributed by atoms with E-state index in [9.17, 15) is 5.11 Å². The van der Waals surface area contributed by atoms with Crippen LogP contribution in [0.5, 0.6) is 11.5 Å². The zero-order chi connectivity index (χ0) is 16.6. The Morgan fingerprint density at radius 1 is 1.22 bits per heavy atom. The first kappa shape index (κ1) is 16.6. The van der Waals surface area contributed by atoms with Crippen molar-refractivity contribution < 1.29 is 14.6 Å².